The number of ether oxygens (including phenoxy) is 3. The highest BCUT2D eigenvalue weighted by atomic mass is 16.5. The van der Waals surface area contributed by atoms with Crippen molar-refractivity contribution < 1.29 is 23.8 Å². The van der Waals surface area contributed by atoms with Crippen LogP contribution in [0.25, 0.3) is 6.08 Å². The van der Waals surface area contributed by atoms with Gasteiger partial charge in [0, 0.05) is 30.5 Å². The van der Waals surface area contributed by atoms with Crippen LogP contribution in [-0.4, -0.2) is 31.3 Å². The first-order valence-electron chi connectivity index (χ1n) is 11.4. The highest BCUT2D eigenvalue weighted by Crippen LogP contribution is 2.28. The number of esters is 2. The second-order valence-corrected chi connectivity index (χ2v) is 8.18. The SMILES string of the molecule is CCOC1CCC(C(=O)Oc2ccc(/C=C/C(=O)OCCc3cc(N)cc(N)c3)cc2)CC1. The minimum absolute atomic E-state index is 0.0835. The van der Waals surface area contributed by atoms with Crippen molar-refractivity contribution in [3.63, 3.8) is 0 Å². The predicted octanol–water partition coefficient (Wildman–Crippen LogP) is 4.15. The van der Waals surface area contributed by atoms with E-state index in [1.54, 1.807) is 48.5 Å². The van der Waals surface area contributed by atoms with E-state index in [4.69, 9.17) is 25.7 Å². The van der Waals surface area contributed by atoms with Crippen LogP contribution in [0.1, 0.15) is 43.7 Å². The van der Waals surface area contributed by atoms with Crippen LogP contribution in [0.2, 0.25) is 0 Å². The zero-order chi connectivity index (χ0) is 23.6. The molecule has 4 N–H and O–H groups in total. The molecule has 1 saturated carbocycles. The molecule has 1 aliphatic carbocycles. The summed E-state index contributed by atoms with van der Waals surface area (Å²) >= 11 is 0. The third-order valence-corrected chi connectivity index (χ3v) is 5.59. The van der Waals surface area contributed by atoms with Gasteiger partial charge < -0.3 is 25.7 Å². The number of nitrogen functional groups attached to an aromatic ring is 2. The Morgan fingerprint density at radius 2 is 1.67 bits per heavy atom. The lowest BCUT2D eigenvalue weighted by molar-refractivity contribution is -0.141. The summed E-state index contributed by atoms with van der Waals surface area (Å²) in [7, 11) is 0. The van der Waals surface area contributed by atoms with Crippen molar-refractivity contribution in [3.8, 4) is 5.75 Å². The minimum Gasteiger partial charge on any atom is -0.462 e. The first kappa shape index (κ1) is 24.3. The predicted molar refractivity (Wildman–Crippen MR) is 128 cm³/mol. The molecule has 176 valence electrons. The number of nitrogens with two attached hydrogens (primary N) is 2. The second kappa shape index (κ2) is 12.1. The van der Waals surface area contributed by atoms with Crippen LogP contribution in [0.5, 0.6) is 5.75 Å². The number of carbonyl (C=O) groups is 2. The minimum atomic E-state index is -0.440. The molecule has 0 heterocycles. The van der Waals surface area contributed by atoms with E-state index in [9.17, 15) is 9.59 Å². The normalized spacial score (nSPS) is 18.2. The van der Waals surface area contributed by atoms with E-state index in [1.807, 2.05) is 6.92 Å². The number of benzene rings is 2. The van der Waals surface area contributed by atoms with E-state index in [-0.39, 0.29) is 24.6 Å². The molecule has 0 saturated heterocycles. The average molecular weight is 453 g/mol. The monoisotopic (exact) mass is 452 g/mol. The summed E-state index contributed by atoms with van der Waals surface area (Å²) in [6.45, 7) is 2.92. The highest BCUT2D eigenvalue weighted by Gasteiger charge is 2.27. The third-order valence-electron chi connectivity index (χ3n) is 5.59. The van der Waals surface area contributed by atoms with E-state index in [2.05, 4.69) is 0 Å². The smallest absolute Gasteiger partial charge is 0.330 e. The van der Waals surface area contributed by atoms with Gasteiger partial charge in [-0.15, -0.1) is 0 Å². The van der Waals surface area contributed by atoms with Crippen LogP contribution in [0.15, 0.2) is 48.5 Å². The molecule has 33 heavy (non-hydrogen) atoms. The number of hydrogen-bond donors (Lipinski definition) is 2. The highest BCUT2D eigenvalue weighted by molar-refractivity contribution is 5.87. The maximum Gasteiger partial charge on any atom is 0.330 e. The Hall–Kier alpha value is -3.32. The van der Waals surface area contributed by atoms with E-state index in [0.29, 0.717) is 30.2 Å². The molecule has 1 fully saturated rings. The van der Waals surface area contributed by atoms with Crippen molar-refractivity contribution in [1.29, 1.82) is 0 Å². The van der Waals surface area contributed by atoms with Crippen molar-refractivity contribution in [1.82, 2.24) is 0 Å². The Morgan fingerprint density at radius 3 is 2.30 bits per heavy atom. The first-order chi connectivity index (χ1) is 15.9. The fourth-order valence-electron chi connectivity index (χ4n) is 3.92. The summed E-state index contributed by atoms with van der Waals surface area (Å²) in [6, 6.07) is 12.3. The molecule has 0 amide bonds. The van der Waals surface area contributed by atoms with Gasteiger partial charge in [-0.25, -0.2) is 4.79 Å². The van der Waals surface area contributed by atoms with E-state index < -0.39 is 5.97 Å². The van der Waals surface area contributed by atoms with Gasteiger partial charge in [0.15, 0.2) is 0 Å². The third kappa shape index (κ3) is 7.95. The van der Waals surface area contributed by atoms with Crippen LogP contribution in [0.3, 0.4) is 0 Å². The van der Waals surface area contributed by atoms with Crippen molar-refractivity contribution in [2.24, 2.45) is 5.92 Å². The van der Waals surface area contributed by atoms with E-state index in [0.717, 1.165) is 36.8 Å². The summed E-state index contributed by atoms with van der Waals surface area (Å²) in [5.41, 5.74) is 14.4. The fraction of sp³-hybridized carbons (Fsp3) is 0.385. The topological polar surface area (TPSA) is 114 Å². The summed E-state index contributed by atoms with van der Waals surface area (Å²) in [6.07, 6.45) is 7.17. The van der Waals surface area contributed by atoms with Crippen molar-refractivity contribution in [3.05, 3.63) is 59.7 Å². The van der Waals surface area contributed by atoms with Gasteiger partial charge in [-0.1, -0.05) is 12.1 Å². The van der Waals surface area contributed by atoms with E-state index >= 15 is 0 Å². The van der Waals surface area contributed by atoms with Gasteiger partial charge in [-0.05, 0) is 80.1 Å². The van der Waals surface area contributed by atoms with Crippen molar-refractivity contribution in [2.45, 2.75) is 45.1 Å². The summed E-state index contributed by atoms with van der Waals surface area (Å²) < 4.78 is 16.4. The first-order valence-corrected chi connectivity index (χ1v) is 11.4. The average Bonchev–Trinajstić information content (AvgIpc) is 2.79. The Morgan fingerprint density at radius 1 is 1.00 bits per heavy atom. The largest absolute Gasteiger partial charge is 0.462 e. The standard InChI is InChI=1S/C26H32N2O5/c1-2-31-23-10-6-20(7-11-23)26(30)33-24-8-3-18(4-9-24)5-12-25(29)32-14-13-19-15-21(27)17-22(28)16-19/h3-5,8-9,12,15-17,20,23H,2,6-7,10-11,13-14,27-28H2,1H3/b12-5+. The molecule has 7 heteroatoms. The van der Waals surface area contributed by atoms with Crippen LogP contribution in [0, 0.1) is 5.92 Å². The summed E-state index contributed by atoms with van der Waals surface area (Å²) in [4.78, 5) is 24.4. The molecule has 0 atom stereocenters. The quantitative estimate of drug-likeness (QED) is 0.254. The number of rotatable bonds is 9. The molecule has 0 bridgehead atoms. The van der Waals surface area contributed by atoms with Crippen LogP contribution < -0.4 is 16.2 Å². The van der Waals surface area contributed by atoms with Gasteiger partial charge in [-0.3, -0.25) is 4.79 Å². The Labute approximate surface area is 194 Å². The number of hydrogen-bond acceptors (Lipinski definition) is 7. The molecule has 0 aliphatic heterocycles. The summed E-state index contributed by atoms with van der Waals surface area (Å²) in [5.74, 6) is -0.225. The van der Waals surface area contributed by atoms with Gasteiger partial charge in [0.25, 0.3) is 0 Å². The molecule has 1 aliphatic rings. The Kier molecular flexibility index (Phi) is 8.89. The van der Waals surface area contributed by atoms with Crippen LogP contribution in [0.4, 0.5) is 11.4 Å². The molecule has 7 nitrogen and oxygen atoms in total. The molecule has 0 spiro atoms. The maximum atomic E-state index is 12.4. The molecular formula is C26H32N2O5. The van der Waals surface area contributed by atoms with Crippen molar-refractivity contribution in [2.75, 3.05) is 24.7 Å². The molecule has 0 aromatic heterocycles. The molecular weight excluding hydrogens is 420 g/mol. The maximum absolute atomic E-state index is 12.4. The van der Waals surface area contributed by atoms with Crippen LogP contribution in [-0.2, 0) is 25.5 Å². The van der Waals surface area contributed by atoms with E-state index in [1.165, 1.54) is 6.08 Å². The Balaban J connectivity index is 1.41. The molecule has 2 aromatic carbocycles. The molecule has 0 radical (unpaired) electrons. The molecule has 3 rings (SSSR count). The second-order valence-electron chi connectivity index (χ2n) is 8.18. The zero-order valence-electron chi connectivity index (χ0n) is 19.0. The van der Waals surface area contributed by atoms with Gasteiger partial charge in [0.05, 0.1) is 18.6 Å². The number of anilines is 2. The molecule has 2 aromatic rings. The lowest BCUT2D eigenvalue weighted by Crippen LogP contribution is -2.28. The van der Waals surface area contributed by atoms with Gasteiger partial charge in [0.1, 0.15) is 5.75 Å². The van der Waals surface area contributed by atoms with Gasteiger partial charge in [-0.2, -0.15) is 0 Å². The molecule has 0 unspecified atom stereocenters. The lowest BCUT2D eigenvalue weighted by Gasteiger charge is -2.26. The Bertz CT molecular complexity index is 943. The fourth-order valence-corrected chi connectivity index (χ4v) is 3.92. The van der Waals surface area contributed by atoms with Gasteiger partial charge in [0.2, 0.25) is 0 Å². The zero-order valence-corrected chi connectivity index (χ0v) is 19.0. The van der Waals surface area contributed by atoms with Crippen molar-refractivity contribution >= 4 is 29.4 Å². The lowest BCUT2D eigenvalue weighted by atomic mass is 9.87. The van der Waals surface area contributed by atoms with Gasteiger partial charge >= 0.3 is 11.9 Å². The van der Waals surface area contributed by atoms with Crippen LogP contribution >= 0.6 is 0 Å². The number of carbonyl (C=O) groups excluding carboxylic acids is 2. The summed E-state index contributed by atoms with van der Waals surface area (Å²) in [5, 5.41) is 0.